The van der Waals surface area contributed by atoms with Crippen LogP contribution in [0.1, 0.15) is 20.3 Å². The van der Waals surface area contributed by atoms with Crippen LogP contribution in [0.15, 0.2) is 18.2 Å². The summed E-state index contributed by atoms with van der Waals surface area (Å²) < 4.78 is 5.30. The minimum atomic E-state index is 0.202. The fourth-order valence-corrected chi connectivity index (χ4v) is 3.15. The summed E-state index contributed by atoms with van der Waals surface area (Å²) in [6, 6.07) is 5.42. The maximum Gasteiger partial charge on any atom is 0.224 e. The molecule has 1 aliphatic heterocycles. The van der Waals surface area contributed by atoms with Gasteiger partial charge in [-0.15, -0.1) is 0 Å². The van der Waals surface area contributed by atoms with Crippen LogP contribution in [-0.2, 0) is 4.79 Å². The molecule has 1 saturated heterocycles. The van der Waals surface area contributed by atoms with E-state index in [0.29, 0.717) is 23.9 Å². The van der Waals surface area contributed by atoms with Gasteiger partial charge in [0.15, 0.2) is 0 Å². The van der Waals surface area contributed by atoms with Crippen molar-refractivity contribution in [3.05, 3.63) is 23.2 Å². The molecule has 0 unspecified atom stereocenters. The van der Waals surface area contributed by atoms with Crippen LogP contribution in [0.2, 0.25) is 5.02 Å². The largest absolute Gasteiger partial charge is 0.495 e. The molecule has 0 atom stereocenters. The summed E-state index contributed by atoms with van der Waals surface area (Å²) in [5, 5.41) is 3.89. The molecule has 1 aliphatic rings. The molecule has 1 fully saturated rings. The number of rotatable bonds is 7. The SMILES string of the molecule is COc1ccc(Cl)cc1NCCC(=O)N1CCN(CC(C)C)CC1. The van der Waals surface area contributed by atoms with Crippen LogP contribution in [0.3, 0.4) is 0 Å². The quantitative estimate of drug-likeness (QED) is 0.818. The Morgan fingerprint density at radius 1 is 1.29 bits per heavy atom. The Kier molecular flexibility index (Phi) is 7.18. The molecule has 1 aromatic carbocycles. The van der Waals surface area contributed by atoms with Gasteiger partial charge in [0.25, 0.3) is 0 Å². The number of nitrogens with zero attached hydrogens (tertiary/aromatic N) is 2. The van der Waals surface area contributed by atoms with Gasteiger partial charge in [0, 0.05) is 50.7 Å². The predicted molar refractivity (Wildman–Crippen MR) is 99.0 cm³/mol. The average Bonchev–Trinajstić information content (AvgIpc) is 2.55. The van der Waals surface area contributed by atoms with Gasteiger partial charge in [-0.25, -0.2) is 0 Å². The highest BCUT2D eigenvalue weighted by molar-refractivity contribution is 6.30. The number of halogens is 1. The van der Waals surface area contributed by atoms with Crippen LogP contribution in [0.5, 0.6) is 5.75 Å². The van der Waals surface area contributed by atoms with Gasteiger partial charge in [-0.1, -0.05) is 25.4 Å². The first kappa shape index (κ1) is 18.9. The van der Waals surface area contributed by atoms with Crippen molar-refractivity contribution in [1.82, 2.24) is 9.80 Å². The number of benzene rings is 1. The van der Waals surface area contributed by atoms with Crippen LogP contribution >= 0.6 is 11.6 Å². The molecule has 6 heteroatoms. The normalized spacial score (nSPS) is 15.6. The molecule has 0 saturated carbocycles. The number of methoxy groups -OCH3 is 1. The molecule has 0 radical (unpaired) electrons. The smallest absolute Gasteiger partial charge is 0.224 e. The Morgan fingerprint density at radius 3 is 2.62 bits per heavy atom. The molecule has 1 amide bonds. The summed E-state index contributed by atoms with van der Waals surface area (Å²) in [5.74, 6) is 1.60. The molecule has 0 aromatic heterocycles. The van der Waals surface area contributed by atoms with E-state index < -0.39 is 0 Å². The van der Waals surface area contributed by atoms with Crippen LogP contribution in [0.25, 0.3) is 0 Å². The molecular weight excluding hydrogens is 326 g/mol. The maximum absolute atomic E-state index is 12.3. The van der Waals surface area contributed by atoms with E-state index in [1.165, 1.54) is 0 Å². The third kappa shape index (κ3) is 5.56. The molecule has 1 aromatic rings. The van der Waals surface area contributed by atoms with Crippen LogP contribution < -0.4 is 10.1 Å². The number of carbonyl (C=O) groups excluding carboxylic acids is 1. The minimum absolute atomic E-state index is 0.202. The predicted octanol–water partition coefficient (Wildman–Crippen LogP) is 2.95. The molecule has 0 bridgehead atoms. The van der Waals surface area contributed by atoms with Gasteiger partial charge >= 0.3 is 0 Å². The fourth-order valence-electron chi connectivity index (χ4n) is 2.98. The van der Waals surface area contributed by atoms with Crippen LogP contribution in [-0.4, -0.2) is 62.1 Å². The zero-order valence-electron chi connectivity index (χ0n) is 14.8. The zero-order valence-corrected chi connectivity index (χ0v) is 15.6. The summed E-state index contributed by atoms with van der Waals surface area (Å²) in [7, 11) is 1.62. The van der Waals surface area contributed by atoms with E-state index in [9.17, 15) is 4.79 Å². The Balaban J connectivity index is 1.75. The summed E-state index contributed by atoms with van der Waals surface area (Å²) >= 11 is 6.01. The zero-order chi connectivity index (χ0) is 17.5. The Labute approximate surface area is 149 Å². The van der Waals surface area contributed by atoms with Gasteiger partial charge in [0.1, 0.15) is 5.75 Å². The number of piperazine rings is 1. The highest BCUT2D eigenvalue weighted by Gasteiger charge is 2.21. The molecule has 2 rings (SSSR count). The standard InChI is InChI=1S/C18H28ClN3O2/c1-14(2)13-21-8-10-22(11-9-21)18(23)6-7-20-16-12-15(19)4-5-17(16)24-3/h4-5,12,14,20H,6-11,13H2,1-3H3. The van der Waals surface area contributed by atoms with Crippen molar-refractivity contribution in [3.8, 4) is 5.75 Å². The number of hydrogen-bond acceptors (Lipinski definition) is 4. The van der Waals surface area contributed by atoms with Crippen LogP contribution in [0, 0.1) is 5.92 Å². The lowest BCUT2D eigenvalue weighted by Gasteiger charge is -2.35. The van der Waals surface area contributed by atoms with Crippen molar-refractivity contribution in [3.63, 3.8) is 0 Å². The van der Waals surface area contributed by atoms with E-state index in [4.69, 9.17) is 16.3 Å². The van der Waals surface area contributed by atoms with Gasteiger partial charge in [-0.2, -0.15) is 0 Å². The van der Waals surface area contributed by atoms with E-state index in [2.05, 4.69) is 24.1 Å². The van der Waals surface area contributed by atoms with Gasteiger partial charge in [-0.05, 0) is 24.1 Å². The van der Waals surface area contributed by atoms with Gasteiger partial charge in [0.05, 0.1) is 12.8 Å². The second-order valence-corrected chi connectivity index (χ2v) is 7.03. The first-order chi connectivity index (χ1) is 11.5. The van der Waals surface area contributed by atoms with E-state index >= 15 is 0 Å². The highest BCUT2D eigenvalue weighted by Crippen LogP contribution is 2.27. The van der Waals surface area contributed by atoms with Crippen molar-refractivity contribution in [1.29, 1.82) is 0 Å². The van der Waals surface area contributed by atoms with Crippen molar-refractivity contribution in [2.45, 2.75) is 20.3 Å². The lowest BCUT2D eigenvalue weighted by Crippen LogP contribution is -2.49. The van der Waals surface area contributed by atoms with Crippen molar-refractivity contribution >= 4 is 23.2 Å². The number of amides is 1. The molecule has 5 nitrogen and oxygen atoms in total. The van der Waals surface area contributed by atoms with Crippen molar-refractivity contribution in [2.75, 3.05) is 51.7 Å². The Hall–Kier alpha value is -1.46. The van der Waals surface area contributed by atoms with Crippen molar-refractivity contribution in [2.24, 2.45) is 5.92 Å². The topological polar surface area (TPSA) is 44.8 Å². The number of carbonyl (C=O) groups is 1. The highest BCUT2D eigenvalue weighted by atomic mass is 35.5. The fraction of sp³-hybridized carbons (Fsp3) is 0.611. The lowest BCUT2D eigenvalue weighted by atomic mass is 10.2. The summed E-state index contributed by atoms with van der Waals surface area (Å²) in [6.45, 7) is 9.73. The molecule has 24 heavy (non-hydrogen) atoms. The van der Waals surface area contributed by atoms with Gasteiger partial charge in [-0.3, -0.25) is 9.69 Å². The first-order valence-electron chi connectivity index (χ1n) is 8.57. The lowest BCUT2D eigenvalue weighted by molar-refractivity contribution is -0.132. The summed E-state index contributed by atoms with van der Waals surface area (Å²) in [5.41, 5.74) is 0.819. The second-order valence-electron chi connectivity index (χ2n) is 6.60. The third-order valence-electron chi connectivity index (χ3n) is 4.16. The molecule has 1 heterocycles. The number of ether oxygens (including phenoxy) is 1. The summed E-state index contributed by atoms with van der Waals surface area (Å²) in [6.07, 6.45) is 0.472. The Bertz CT molecular complexity index is 543. The number of anilines is 1. The van der Waals surface area contributed by atoms with E-state index in [1.54, 1.807) is 13.2 Å². The van der Waals surface area contributed by atoms with Gasteiger partial charge < -0.3 is 15.0 Å². The number of nitrogens with one attached hydrogen (secondary N) is 1. The molecule has 0 spiro atoms. The molecular formula is C18H28ClN3O2. The van der Waals surface area contributed by atoms with E-state index in [-0.39, 0.29) is 5.91 Å². The monoisotopic (exact) mass is 353 g/mol. The van der Waals surface area contributed by atoms with Crippen molar-refractivity contribution < 1.29 is 9.53 Å². The Morgan fingerprint density at radius 2 is 2.00 bits per heavy atom. The molecule has 1 N–H and O–H groups in total. The third-order valence-corrected chi connectivity index (χ3v) is 4.40. The number of hydrogen-bond donors (Lipinski definition) is 1. The second kappa shape index (κ2) is 9.14. The van der Waals surface area contributed by atoms with Gasteiger partial charge in [0.2, 0.25) is 5.91 Å². The summed E-state index contributed by atoms with van der Waals surface area (Å²) in [4.78, 5) is 16.7. The molecule has 134 valence electrons. The van der Waals surface area contributed by atoms with E-state index in [0.717, 1.165) is 44.2 Å². The van der Waals surface area contributed by atoms with E-state index in [1.807, 2.05) is 17.0 Å². The molecule has 0 aliphatic carbocycles. The first-order valence-corrected chi connectivity index (χ1v) is 8.95. The average molecular weight is 354 g/mol. The minimum Gasteiger partial charge on any atom is -0.495 e. The maximum atomic E-state index is 12.3. The van der Waals surface area contributed by atoms with Crippen LogP contribution in [0.4, 0.5) is 5.69 Å².